The lowest BCUT2D eigenvalue weighted by Crippen LogP contribution is -2.39. The van der Waals surface area contributed by atoms with Gasteiger partial charge in [0.15, 0.2) is 5.13 Å². The molecule has 24 heavy (non-hydrogen) atoms. The molecule has 1 saturated heterocycles. The molecule has 3 heterocycles. The van der Waals surface area contributed by atoms with Gasteiger partial charge in [-0.1, -0.05) is 6.07 Å². The van der Waals surface area contributed by atoms with E-state index >= 15 is 0 Å². The lowest BCUT2D eigenvalue weighted by molar-refractivity contribution is -0.117. The number of nitrogens with zero attached hydrogens (tertiary/aromatic N) is 3. The number of hydrogen-bond acceptors (Lipinski definition) is 5. The zero-order valence-electron chi connectivity index (χ0n) is 13.4. The summed E-state index contributed by atoms with van der Waals surface area (Å²) in [6, 6.07) is 7.69. The first-order valence-electron chi connectivity index (χ1n) is 8.05. The van der Waals surface area contributed by atoms with Crippen LogP contribution in [0.5, 0.6) is 0 Å². The molecule has 0 unspecified atom stereocenters. The number of aryl methyl sites for hydroxylation is 1. The van der Waals surface area contributed by atoms with E-state index in [1.54, 1.807) is 23.7 Å². The van der Waals surface area contributed by atoms with Crippen LogP contribution in [0.15, 0.2) is 42.0 Å². The smallest absolute Gasteiger partial charge is 0.247 e. The van der Waals surface area contributed by atoms with E-state index in [0.29, 0.717) is 0 Å². The number of amides is 1. The van der Waals surface area contributed by atoms with Crippen molar-refractivity contribution in [2.45, 2.75) is 25.8 Å². The number of anilines is 2. The number of pyridine rings is 1. The Labute approximate surface area is 144 Å². The molecule has 122 valence electrons. The van der Waals surface area contributed by atoms with Crippen LogP contribution in [-0.2, 0) is 4.79 Å². The third kappa shape index (κ3) is 2.63. The SMILES string of the molecule is Cc1ccc(NC(=O)[C@@H]2CCCN2c2nccs2)c2cccnc12. The van der Waals surface area contributed by atoms with Crippen LogP contribution in [0.25, 0.3) is 10.9 Å². The van der Waals surface area contributed by atoms with Crippen molar-refractivity contribution in [1.29, 1.82) is 0 Å². The molecule has 0 spiro atoms. The molecule has 0 saturated carbocycles. The Kier molecular flexibility index (Phi) is 3.90. The summed E-state index contributed by atoms with van der Waals surface area (Å²) in [6.45, 7) is 2.91. The van der Waals surface area contributed by atoms with Gasteiger partial charge in [-0.3, -0.25) is 9.78 Å². The van der Waals surface area contributed by atoms with Crippen molar-refractivity contribution in [2.75, 3.05) is 16.8 Å². The van der Waals surface area contributed by atoms with Gasteiger partial charge in [0.25, 0.3) is 0 Å². The normalized spacial score (nSPS) is 17.4. The monoisotopic (exact) mass is 338 g/mol. The van der Waals surface area contributed by atoms with Gasteiger partial charge in [0.1, 0.15) is 6.04 Å². The summed E-state index contributed by atoms with van der Waals surface area (Å²) in [5, 5.41) is 6.94. The molecule has 6 heteroatoms. The fourth-order valence-electron chi connectivity index (χ4n) is 3.26. The third-order valence-corrected chi connectivity index (χ3v) is 5.26. The Morgan fingerprint density at radius 1 is 1.29 bits per heavy atom. The number of carbonyl (C=O) groups is 1. The third-order valence-electron chi connectivity index (χ3n) is 4.45. The van der Waals surface area contributed by atoms with Gasteiger partial charge < -0.3 is 10.2 Å². The van der Waals surface area contributed by atoms with Crippen molar-refractivity contribution in [3.63, 3.8) is 0 Å². The molecule has 0 radical (unpaired) electrons. The van der Waals surface area contributed by atoms with Gasteiger partial charge in [0, 0.05) is 29.7 Å². The van der Waals surface area contributed by atoms with Crippen molar-refractivity contribution in [2.24, 2.45) is 0 Å². The topological polar surface area (TPSA) is 58.1 Å². The van der Waals surface area contributed by atoms with Crippen LogP contribution in [0.1, 0.15) is 18.4 Å². The summed E-state index contributed by atoms with van der Waals surface area (Å²) >= 11 is 1.58. The average Bonchev–Trinajstić information content (AvgIpc) is 3.28. The first kappa shape index (κ1) is 15.1. The zero-order valence-corrected chi connectivity index (χ0v) is 14.2. The first-order chi connectivity index (χ1) is 11.7. The Morgan fingerprint density at radius 3 is 3.04 bits per heavy atom. The maximum atomic E-state index is 12.9. The van der Waals surface area contributed by atoms with Crippen LogP contribution < -0.4 is 10.2 Å². The van der Waals surface area contributed by atoms with E-state index in [4.69, 9.17) is 0 Å². The van der Waals surface area contributed by atoms with Crippen LogP contribution in [0, 0.1) is 6.92 Å². The van der Waals surface area contributed by atoms with E-state index in [2.05, 4.69) is 20.2 Å². The molecule has 1 N–H and O–H groups in total. The molecular weight excluding hydrogens is 320 g/mol. The highest BCUT2D eigenvalue weighted by Gasteiger charge is 2.32. The maximum absolute atomic E-state index is 12.9. The molecule has 3 aromatic rings. The molecule has 1 aliphatic rings. The quantitative estimate of drug-likeness (QED) is 0.792. The lowest BCUT2D eigenvalue weighted by Gasteiger charge is -2.23. The van der Waals surface area contributed by atoms with Crippen LogP contribution >= 0.6 is 11.3 Å². The van der Waals surface area contributed by atoms with Gasteiger partial charge >= 0.3 is 0 Å². The number of aromatic nitrogens is 2. The van der Waals surface area contributed by atoms with Gasteiger partial charge in [-0.25, -0.2) is 4.98 Å². The van der Waals surface area contributed by atoms with Crippen molar-refractivity contribution in [3.8, 4) is 0 Å². The van der Waals surface area contributed by atoms with Gasteiger partial charge in [-0.2, -0.15) is 0 Å². The van der Waals surface area contributed by atoms with Gasteiger partial charge in [-0.15, -0.1) is 11.3 Å². The number of carbonyl (C=O) groups excluding carboxylic acids is 1. The second-order valence-corrected chi connectivity index (χ2v) is 6.86. The summed E-state index contributed by atoms with van der Waals surface area (Å²) in [4.78, 5) is 23.7. The molecule has 5 nitrogen and oxygen atoms in total. The van der Waals surface area contributed by atoms with Crippen molar-refractivity contribution >= 4 is 39.0 Å². The first-order valence-corrected chi connectivity index (χ1v) is 8.93. The molecule has 0 bridgehead atoms. The standard InChI is InChI=1S/C18H18N4OS/c1-12-6-7-14(13-4-2-8-19-16(12)13)21-17(23)15-5-3-10-22(15)18-20-9-11-24-18/h2,4,6-9,11,15H,3,5,10H2,1H3,(H,21,23)/t15-/m0/s1. The largest absolute Gasteiger partial charge is 0.336 e. The van der Waals surface area contributed by atoms with Crippen molar-refractivity contribution < 1.29 is 4.79 Å². The summed E-state index contributed by atoms with van der Waals surface area (Å²) < 4.78 is 0. The Morgan fingerprint density at radius 2 is 2.21 bits per heavy atom. The van der Waals surface area contributed by atoms with E-state index in [1.807, 2.05) is 36.6 Å². The van der Waals surface area contributed by atoms with Crippen molar-refractivity contribution in [1.82, 2.24) is 9.97 Å². The minimum absolute atomic E-state index is 0.0247. The van der Waals surface area contributed by atoms with Crippen LogP contribution in [-0.4, -0.2) is 28.5 Å². The van der Waals surface area contributed by atoms with E-state index in [-0.39, 0.29) is 11.9 Å². The maximum Gasteiger partial charge on any atom is 0.247 e. The molecule has 1 atom stereocenters. The molecule has 1 fully saturated rings. The number of rotatable bonds is 3. The number of fused-ring (bicyclic) bond motifs is 1. The number of hydrogen-bond donors (Lipinski definition) is 1. The van der Waals surface area contributed by atoms with E-state index < -0.39 is 0 Å². The van der Waals surface area contributed by atoms with Gasteiger partial charge in [-0.05, 0) is 43.5 Å². The number of benzene rings is 1. The highest BCUT2D eigenvalue weighted by atomic mass is 32.1. The highest BCUT2D eigenvalue weighted by Crippen LogP contribution is 2.29. The second-order valence-electron chi connectivity index (χ2n) is 5.98. The van der Waals surface area contributed by atoms with E-state index in [9.17, 15) is 4.79 Å². The van der Waals surface area contributed by atoms with E-state index in [1.165, 1.54) is 0 Å². The Bertz CT molecular complexity index is 878. The minimum atomic E-state index is -0.163. The van der Waals surface area contributed by atoms with Gasteiger partial charge in [0.2, 0.25) is 5.91 Å². The molecule has 1 aliphatic heterocycles. The number of nitrogens with one attached hydrogen (secondary N) is 1. The molecule has 2 aromatic heterocycles. The predicted molar refractivity (Wildman–Crippen MR) is 97.6 cm³/mol. The average molecular weight is 338 g/mol. The summed E-state index contributed by atoms with van der Waals surface area (Å²) in [5.74, 6) is 0.0247. The summed E-state index contributed by atoms with van der Waals surface area (Å²) in [7, 11) is 0. The Balaban J connectivity index is 1.62. The molecule has 1 aromatic carbocycles. The van der Waals surface area contributed by atoms with Gasteiger partial charge in [0.05, 0.1) is 11.2 Å². The summed E-state index contributed by atoms with van der Waals surface area (Å²) in [5.41, 5.74) is 2.85. The molecule has 0 aliphatic carbocycles. The Hall–Kier alpha value is -2.47. The molecule has 1 amide bonds. The predicted octanol–water partition coefficient (Wildman–Crippen LogP) is 3.61. The number of thiazole rings is 1. The molecule has 4 rings (SSSR count). The fourth-order valence-corrected chi connectivity index (χ4v) is 3.98. The van der Waals surface area contributed by atoms with Crippen LogP contribution in [0.3, 0.4) is 0 Å². The molecular formula is C18H18N4OS. The van der Waals surface area contributed by atoms with Crippen LogP contribution in [0.4, 0.5) is 10.8 Å². The van der Waals surface area contributed by atoms with Crippen molar-refractivity contribution in [3.05, 3.63) is 47.6 Å². The lowest BCUT2D eigenvalue weighted by atomic mass is 10.1. The summed E-state index contributed by atoms with van der Waals surface area (Å²) in [6.07, 6.45) is 5.43. The zero-order chi connectivity index (χ0) is 16.5. The highest BCUT2D eigenvalue weighted by molar-refractivity contribution is 7.13. The van der Waals surface area contributed by atoms with Crippen LogP contribution in [0.2, 0.25) is 0 Å². The van der Waals surface area contributed by atoms with E-state index in [0.717, 1.165) is 46.7 Å². The fraction of sp³-hybridized carbons (Fsp3) is 0.278. The minimum Gasteiger partial charge on any atom is -0.336 e. The second kappa shape index (κ2) is 6.20.